The standard InChI is InChI=1S/C16H25N3O2/c1-4-5-13(17)10-15(20)19-14-8-6-12(7-9-14)16(21)18-11(2)3/h6-9,11,13H,4-5,10,17H2,1-3H3,(H,18,21)(H,19,20). The van der Waals surface area contributed by atoms with Gasteiger partial charge in [0.05, 0.1) is 0 Å². The lowest BCUT2D eigenvalue weighted by atomic mass is 10.1. The maximum Gasteiger partial charge on any atom is 0.251 e. The minimum atomic E-state index is -0.118. The highest BCUT2D eigenvalue weighted by molar-refractivity contribution is 5.96. The van der Waals surface area contributed by atoms with Gasteiger partial charge in [0.15, 0.2) is 0 Å². The van der Waals surface area contributed by atoms with E-state index in [2.05, 4.69) is 10.6 Å². The van der Waals surface area contributed by atoms with Crippen molar-refractivity contribution in [1.29, 1.82) is 0 Å². The summed E-state index contributed by atoms with van der Waals surface area (Å²) in [5.41, 5.74) is 7.08. The number of amides is 2. The van der Waals surface area contributed by atoms with Gasteiger partial charge in [-0.25, -0.2) is 0 Å². The molecule has 5 nitrogen and oxygen atoms in total. The van der Waals surface area contributed by atoms with Crippen LogP contribution >= 0.6 is 0 Å². The Morgan fingerprint density at radius 2 is 1.81 bits per heavy atom. The summed E-state index contributed by atoms with van der Waals surface area (Å²) >= 11 is 0. The molecule has 0 aliphatic heterocycles. The molecule has 4 N–H and O–H groups in total. The van der Waals surface area contributed by atoms with Crippen LogP contribution in [0.3, 0.4) is 0 Å². The van der Waals surface area contributed by atoms with Crippen molar-refractivity contribution >= 4 is 17.5 Å². The Kier molecular flexibility index (Phi) is 6.88. The van der Waals surface area contributed by atoms with Gasteiger partial charge < -0.3 is 16.4 Å². The Morgan fingerprint density at radius 1 is 1.19 bits per heavy atom. The normalized spacial score (nSPS) is 12.0. The van der Waals surface area contributed by atoms with Gasteiger partial charge in [0.1, 0.15) is 0 Å². The molecule has 1 rings (SSSR count). The Balaban J connectivity index is 2.54. The lowest BCUT2D eigenvalue weighted by molar-refractivity contribution is -0.116. The molecule has 2 amide bonds. The summed E-state index contributed by atoms with van der Waals surface area (Å²) in [6, 6.07) is 6.82. The van der Waals surface area contributed by atoms with E-state index in [4.69, 9.17) is 5.73 Å². The number of anilines is 1. The molecule has 0 aromatic heterocycles. The van der Waals surface area contributed by atoms with Gasteiger partial charge in [0.25, 0.3) is 5.91 Å². The van der Waals surface area contributed by atoms with E-state index in [0.29, 0.717) is 17.7 Å². The van der Waals surface area contributed by atoms with Crippen molar-refractivity contribution in [3.05, 3.63) is 29.8 Å². The highest BCUT2D eigenvalue weighted by Gasteiger charge is 2.10. The van der Waals surface area contributed by atoms with Gasteiger partial charge in [-0.05, 0) is 44.5 Å². The zero-order valence-corrected chi connectivity index (χ0v) is 13.0. The first-order valence-corrected chi connectivity index (χ1v) is 7.38. The number of carbonyl (C=O) groups is 2. The molecule has 1 unspecified atom stereocenters. The largest absolute Gasteiger partial charge is 0.350 e. The Morgan fingerprint density at radius 3 is 2.33 bits per heavy atom. The molecule has 1 aromatic carbocycles. The summed E-state index contributed by atoms with van der Waals surface area (Å²) in [6.07, 6.45) is 2.11. The fourth-order valence-electron chi connectivity index (χ4n) is 1.97. The Hall–Kier alpha value is -1.88. The third-order valence-electron chi connectivity index (χ3n) is 2.96. The molecule has 116 valence electrons. The summed E-state index contributed by atoms with van der Waals surface area (Å²) in [7, 11) is 0. The number of nitrogens with two attached hydrogens (primary N) is 1. The summed E-state index contributed by atoms with van der Waals surface area (Å²) in [4.78, 5) is 23.6. The molecular formula is C16H25N3O2. The van der Waals surface area contributed by atoms with Crippen LogP contribution in [0.2, 0.25) is 0 Å². The van der Waals surface area contributed by atoms with Gasteiger partial charge in [-0.2, -0.15) is 0 Å². The van der Waals surface area contributed by atoms with Gasteiger partial charge >= 0.3 is 0 Å². The summed E-state index contributed by atoms with van der Waals surface area (Å²) in [5, 5.41) is 5.60. The molecule has 21 heavy (non-hydrogen) atoms. The van der Waals surface area contributed by atoms with Crippen molar-refractivity contribution in [2.75, 3.05) is 5.32 Å². The van der Waals surface area contributed by atoms with E-state index in [1.165, 1.54) is 0 Å². The predicted octanol–water partition coefficient (Wildman–Crippen LogP) is 2.28. The Labute approximate surface area is 126 Å². The van der Waals surface area contributed by atoms with Crippen LogP contribution < -0.4 is 16.4 Å². The van der Waals surface area contributed by atoms with Crippen LogP contribution in [-0.4, -0.2) is 23.9 Å². The van der Waals surface area contributed by atoms with Gasteiger partial charge in [0.2, 0.25) is 5.91 Å². The van der Waals surface area contributed by atoms with Crippen molar-refractivity contribution < 1.29 is 9.59 Å². The quantitative estimate of drug-likeness (QED) is 0.720. The van der Waals surface area contributed by atoms with Gasteiger partial charge in [-0.3, -0.25) is 9.59 Å². The van der Waals surface area contributed by atoms with Crippen molar-refractivity contribution in [3.8, 4) is 0 Å². The number of nitrogens with one attached hydrogen (secondary N) is 2. The molecule has 0 bridgehead atoms. The molecular weight excluding hydrogens is 266 g/mol. The molecule has 1 aromatic rings. The van der Waals surface area contributed by atoms with Crippen LogP contribution in [0.15, 0.2) is 24.3 Å². The van der Waals surface area contributed by atoms with Crippen LogP contribution in [0.4, 0.5) is 5.69 Å². The maximum absolute atomic E-state index is 11.8. The summed E-state index contributed by atoms with van der Waals surface area (Å²) < 4.78 is 0. The third-order valence-corrected chi connectivity index (χ3v) is 2.96. The van der Waals surface area contributed by atoms with Crippen molar-refractivity contribution in [3.63, 3.8) is 0 Å². The van der Waals surface area contributed by atoms with Crippen LogP contribution in [0, 0.1) is 0 Å². The fraction of sp³-hybridized carbons (Fsp3) is 0.500. The number of rotatable bonds is 7. The van der Waals surface area contributed by atoms with Crippen molar-refractivity contribution in [2.24, 2.45) is 5.73 Å². The van der Waals surface area contributed by atoms with E-state index >= 15 is 0 Å². The molecule has 0 fully saturated rings. The number of hydrogen-bond donors (Lipinski definition) is 3. The minimum Gasteiger partial charge on any atom is -0.350 e. The minimum absolute atomic E-state index is 0.0944. The van der Waals surface area contributed by atoms with E-state index in [0.717, 1.165) is 12.8 Å². The second-order valence-electron chi connectivity index (χ2n) is 5.51. The zero-order valence-electron chi connectivity index (χ0n) is 13.0. The molecule has 0 saturated carbocycles. The first-order chi connectivity index (χ1) is 9.92. The molecule has 5 heteroatoms. The first-order valence-electron chi connectivity index (χ1n) is 7.38. The summed E-state index contributed by atoms with van der Waals surface area (Å²) in [5.74, 6) is -0.219. The van der Waals surface area contributed by atoms with Crippen LogP contribution in [0.5, 0.6) is 0 Å². The SMILES string of the molecule is CCCC(N)CC(=O)Nc1ccc(C(=O)NC(C)C)cc1. The summed E-state index contributed by atoms with van der Waals surface area (Å²) in [6.45, 7) is 5.86. The molecule has 0 aliphatic rings. The Bertz CT molecular complexity index is 469. The van der Waals surface area contributed by atoms with E-state index in [1.807, 2.05) is 20.8 Å². The average molecular weight is 291 g/mol. The lowest BCUT2D eigenvalue weighted by Crippen LogP contribution is -2.30. The van der Waals surface area contributed by atoms with Crippen molar-refractivity contribution in [2.45, 2.75) is 52.1 Å². The van der Waals surface area contributed by atoms with E-state index in [9.17, 15) is 9.59 Å². The molecule has 0 saturated heterocycles. The number of hydrogen-bond acceptors (Lipinski definition) is 3. The maximum atomic E-state index is 11.8. The third kappa shape index (κ3) is 6.40. The zero-order chi connectivity index (χ0) is 15.8. The smallest absolute Gasteiger partial charge is 0.251 e. The molecule has 0 spiro atoms. The highest BCUT2D eigenvalue weighted by atomic mass is 16.2. The predicted molar refractivity (Wildman–Crippen MR) is 85.2 cm³/mol. The topological polar surface area (TPSA) is 84.2 Å². The fourth-order valence-corrected chi connectivity index (χ4v) is 1.97. The second-order valence-corrected chi connectivity index (χ2v) is 5.51. The van der Waals surface area contributed by atoms with Gasteiger partial charge in [0, 0.05) is 29.8 Å². The second kappa shape index (κ2) is 8.42. The lowest BCUT2D eigenvalue weighted by Gasteiger charge is -2.11. The van der Waals surface area contributed by atoms with Gasteiger partial charge in [-0.1, -0.05) is 13.3 Å². The van der Waals surface area contributed by atoms with Gasteiger partial charge in [-0.15, -0.1) is 0 Å². The van der Waals surface area contributed by atoms with Crippen molar-refractivity contribution in [1.82, 2.24) is 5.32 Å². The first kappa shape index (κ1) is 17.2. The monoisotopic (exact) mass is 291 g/mol. The molecule has 0 heterocycles. The average Bonchev–Trinajstić information content (AvgIpc) is 2.38. The van der Waals surface area contributed by atoms with E-state index < -0.39 is 0 Å². The molecule has 0 aliphatic carbocycles. The highest BCUT2D eigenvalue weighted by Crippen LogP contribution is 2.11. The van der Waals surface area contributed by atoms with Crippen LogP contribution in [0.1, 0.15) is 50.4 Å². The molecule has 1 atom stereocenters. The number of benzene rings is 1. The van der Waals surface area contributed by atoms with Crippen LogP contribution in [0.25, 0.3) is 0 Å². The van der Waals surface area contributed by atoms with E-state index in [-0.39, 0.29) is 23.9 Å². The molecule has 0 radical (unpaired) electrons. The van der Waals surface area contributed by atoms with E-state index in [1.54, 1.807) is 24.3 Å². The van der Waals surface area contributed by atoms with Crippen LogP contribution in [-0.2, 0) is 4.79 Å². The number of carbonyl (C=O) groups excluding carboxylic acids is 2.